The Morgan fingerprint density at radius 2 is 1.79 bits per heavy atom. The highest BCUT2D eigenvalue weighted by atomic mass is 33.1. The molecule has 1 saturated heterocycles. The molecule has 1 aromatic carbocycles. The summed E-state index contributed by atoms with van der Waals surface area (Å²) < 4.78 is 41.2. The van der Waals surface area contributed by atoms with Crippen LogP contribution in [0.15, 0.2) is 29.2 Å². The Balaban J connectivity index is 2.21. The highest BCUT2D eigenvalue weighted by Crippen LogP contribution is 2.25. The summed E-state index contributed by atoms with van der Waals surface area (Å²) in [5.74, 6) is 0.279. The normalized spacial score (nSPS) is 17.6. The highest BCUT2D eigenvalue weighted by Gasteiger charge is 2.32. The summed E-state index contributed by atoms with van der Waals surface area (Å²) in [6.45, 7) is 4.71. The van der Waals surface area contributed by atoms with Gasteiger partial charge in [-0.05, 0) is 18.1 Å². The Hall–Kier alpha value is -0.770. The number of hydrogen-bond acceptors (Lipinski definition) is 5. The van der Waals surface area contributed by atoms with E-state index in [-0.39, 0.29) is 11.8 Å². The summed E-state index contributed by atoms with van der Waals surface area (Å²) in [6.07, 6.45) is 0. The molecular formula is C15H21FN2O3S3. The van der Waals surface area contributed by atoms with Crippen molar-refractivity contribution in [1.82, 2.24) is 9.62 Å². The third-order valence-electron chi connectivity index (χ3n) is 3.63. The monoisotopic (exact) mass is 392 g/mol. The molecule has 0 aliphatic carbocycles. The average Bonchev–Trinajstić information content (AvgIpc) is 2.81. The van der Waals surface area contributed by atoms with Crippen LogP contribution < -0.4 is 4.72 Å². The van der Waals surface area contributed by atoms with Gasteiger partial charge >= 0.3 is 0 Å². The summed E-state index contributed by atoms with van der Waals surface area (Å²) in [4.78, 5) is 14.0. The zero-order valence-electron chi connectivity index (χ0n) is 13.6. The van der Waals surface area contributed by atoms with Crippen LogP contribution in [0.4, 0.5) is 4.39 Å². The second-order valence-corrected chi connectivity index (χ2v) is 10.1. The molecule has 134 valence electrons. The minimum atomic E-state index is -4.11. The number of nitrogens with one attached hydrogen (secondary N) is 1. The van der Waals surface area contributed by atoms with Gasteiger partial charge in [-0.25, -0.2) is 12.8 Å². The van der Waals surface area contributed by atoms with Gasteiger partial charge in [0.05, 0.1) is 0 Å². The van der Waals surface area contributed by atoms with Crippen LogP contribution >= 0.6 is 21.6 Å². The minimum absolute atomic E-state index is 0.248. The van der Waals surface area contributed by atoms with Crippen molar-refractivity contribution in [3.05, 3.63) is 30.1 Å². The lowest BCUT2D eigenvalue weighted by Gasteiger charge is -2.28. The molecule has 1 fully saturated rings. The Labute approximate surface area is 150 Å². The first-order valence-corrected chi connectivity index (χ1v) is 11.6. The molecule has 1 N–H and O–H groups in total. The van der Waals surface area contributed by atoms with Crippen LogP contribution in [0.1, 0.15) is 13.8 Å². The fourth-order valence-corrected chi connectivity index (χ4v) is 5.70. The summed E-state index contributed by atoms with van der Waals surface area (Å²) in [5, 5.41) is 0. The molecule has 0 spiro atoms. The Bertz CT molecular complexity index is 674. The first-order valence-electron chi connectivity index (χ1n) is 7.63. The van der Waals surface area contributed by atoms with Gasteiger partial charge in [0.1, 0.15) is 16.8 Å². The molecule has 0 radical (unpaired) electrons. The molecule has 1 aliphatic rings. The van der Waals surface area contributed by atoms with E-state index in [9.17, 15) is 17.6 Å². The first kappa shape index (κ1) is 19.6. The van der Waals surface area contributed by atoms with E-state index in [1.807, 2.05) is 0 Å². The van der Waals surface area contributed by atoms with E-state index in [0.717, 1.165) is 17.6 Å². The van der Waals surface area contributed by atoms with E-state index >= 15 is 0 Å². The number of hydrogen-bond donors (Lipinski definition) is 1. The Kier molecular flexibility index (Phi) is 6.97. The van der Waals surface area contributed by atoms with Crippen molar-refractivity contribution >= 4 is 37.5 Å². The van der Waals surface area contributed by atoms with Crippen molar-refractivity contribution in [1.29, 1.82) is 0 Å². The SMILES string of the molecule is CC(C)[C@H](NS(=O)(=O)c1ccccc1F)C(=O)N1CCSSCC1. The zero-order valence-corrected chi connectivity index (χ0v) is 16.0. The van der Waals surface area contributed by atoms with E-state index in [1.54, 1.807) is 40.3 Å². The number of halogens is 1. The maximum atomic E-state index is 13.8. The van der Waals surface area contributed by atoms with Crippen LogP contribution in [0.2, 0.25) is 0 Å². The van der Waals surface area contributed by atoms with Crippen molar-refractivity contribution in [3.8, 4) is 0 Å². The van der Waals surface area contributed by atoms with Gasteiger partial charge in [-0.3, -0.25) is 4.79 Å². The van der Waals surface area contributed by atoms with Gasteiger partial charge in [-0.1, -0.05) is 47.6 Å². The van der Waals surface area contributed by atoms with Crippen LogP contribution in [0.25, 0.3) is 0 Å². The van der Waals surface area contributed by atoms with Gasteiger partial charge < -0.3 is 4.90 Å². The minimum Gasteiger partial charge on any atom is -0.340 e. The number of carbonyl (C=O) groups excluding carboxylic acids is 1. The highest BCUT2D eigenvalue weighted by molar-refractivity contribution is 8.76. The quantitative estimate of drug-likeness (QED) is 0.779. The van der Waals surface area contributed by atoms with Gasteiger partial charge in [0.15, 0.2) is 0 Å². The van der Waals surface area contributed by atoms with Gasteiger partial charge in [0.25, 0.3) is 0 Å². The lowest BCUT2D eigenvalue weighted by atomic mass is 10.0. The topological polar surface area (TPSA) is 66.5 Å². The summed E-state index contributed by atoms with van der Waals surface area (Å²) in [5.41, 5.74) is 0. The number of amides is 1. The fourth-order valence-electron chi connectivity index (χ4n) is 2.31. The van der Waals surface area contributed by atoms with Crippen LogP contribution in [0.5, 0.6) is 0 Å². The molecule has 24 heavy (non-hydrogen) atoms. The largest absolute Gasteiger partial charge is 0.340 e. The van der Waals surface area contributed by atoms with E-state index in [0.29, 0.717) is 13.1 Å². The maximum absolute atomic E-state index is 13.8. The lowest BCUT2D eigenvalue weighted by molar-refractivity contribution is -0.133. The number of benzene rings is 1. The van der Waals surface area contributed by atoms with Crippen molar-refractivity contribution < 1.29 is 17.6 Å². The van der Waals surface area contributed by atoms with E-state index in [2.05, 4.69) is 4.72 Å². The van der Waals surface area contributed by atoms with Gasteiger partial charge in [0, 0.05) is 24.6 Å². The van der Waals surface area contributed by atoms with Gasteiger partial charge in [0.2, 0.25) is 15.9 Å². The third kappa shape index (κ3) is 4.87. The predicted octanol–water partition coefficient (Wildman–Crippen LogP) is 2.35. The van der Waals surface area contributed by atoms with Gasteiger partial charge in [-0.2, -0.15) is 4.72 Å². The molecule has 0 aromatic heterocycles. The zero-order chi connectivity index (χ0) is 17.7. The first-order chi connectivity index (χ1) is 11.3. The second-order valence-electron chi connectivity index (χ2n) is 5.74. The molecule has 1 amide bonds. The summed E-state index contributed by atoms with van der Waals surface area (Å²) in [6, 6.07) is 4.24. The molecule has 0 bridgehead atoms. The number of carbonyl (C=O) groups is 1. The van der Waals surface area contributed by atoms with Crippen LogP contribution in [0.3, 0.4) is 0 Å². The average molecular weight is 393 g/mol. The Morgan fingerprint density at radius 1 is 1.21 bits per heavy atom. The van der Waals surface area contributed by atoms with Crippen molar-refractivity contribution in [2.24, 2.45) is 5.92 Å². The molecule has 1 atom stereocenters. The van der Waals surface area contributed by atoms with Crippen molar-refractivity contribution in [2.45, 2.75) is 24.8 Å². The molecule has 2 rings (SSSR count). The lowest BCUT2D eigenvalue weighted by Crippen LogP contribution is -2.52. The number of rotatable bonds is 5. The van der Waals surface area contributed by atoms with E-state index in [4.69, 9.17) is 0 Å². The molecule has 9 heteroatoms. The smallest absolute Gasteiger partial charge is 0.244 e. The molecule has 1 aromatic rings. The van der Waals surface area contributed by atoms with E-state index < -0.39 is 26.8 Å². The second kappa shape index (κ2) is 8.55. The third-order valence-corrected chi connectivity index (χ3v) is 7.46. The Morgan fingerprint density at radius 3 is 2.33 bits per heavy atom. The number of nitrogens with zero attached hydrogens (tertiary/aromatic N) is 1. The summed E-state index contributed by atoms with van der Waals surface area (Å²) >= 11 is 0. The van der Waals surface area contributed by atoms with Crippen LogP contribution in [0, 0.1) is 11.7 Å². The molecule has 1 aliphatic heterocycles. The maximum Gasteiger partial charge on any atom is 0.244 e. The predicted molar refractivity (Wildman–Crippen MR) is 96.8 cm³/mol. The van der Waals surface area contributed by atoms with Crippen LogP contribution in [-0.2, 0) is 14.8 Å². The number of sulfonamides is 1. The molecule has 1 heterocycles. The van der Waals surface area contributed by atoms with Crippen LogP contribution in [-0.4, -0.2) is 49.9 Å². The standard InChI is InChI=1S/C15H21FN2O3S3/c1-11(2)14(15(19)18-7-9-22-23-10-8-18)17-24(20,21)13-6-4-3-5-12(13)16/h3-6,11,14,17H,7-10H2,1-2H3/t14-/m0/s1. The molecule has 0 saturated carbocycles. The fraction of sp³-hybridized carbons (Fsp3) is 0.533. The molecule has 5 nitrogen and oxygen atoms in total. The summed E-state index contributed by atoms with van der Waals surface area (Å²) in [7, 11) is -0.704. The van der Waals surface area contributed by atoms with Crippen molar-refractivity contribution in [2.75, 3.05) is 24.6 Å². The molecule has 0 unspecified atom stereocenters. The van der Waals surface area contributed by atoms with E-state index in [1.165, 1.54) is 18.2 Å². The molecular weight excluding hydrogens is 371 g/mol. The van der Waals surface area contributed by atoms with Gasteiger partial charge in [-0.15, -0.1) is 0 Å². The van der Waals surface area contributed by atoms with Crippen molar-refractivity contribution in [3.63, 3.8) is 0 Å².